The van der Waals surface area contributed by atoms with Crippen LogP contribution in [0.4, 0.5) is 0 Å². The van der Waals surface area contributed by atoms with E-state index in [1.54, 1.807) is 0 Å². The highest BCUT2D eigenvalue weighted by Crippen LogP contribution is 2.47. The average Bonchev–Trinajstić information content (AvgIpc) is 3.17. The quantitative estimate of drug-likeness (QED) is 0.180. The molecule has 0 amide bonds. The van der Waals surface area contributed by atoms with E-state index in [-0.39, 0.29) is 10.8 Å². The maximum atomic E-state index is 5.16. The van der Waals surface area contributed by atoms with Crippen LogP contribution in [0.2, 0.25) is 0 Å². The Balaban J connectivity index is 1.30. The second kappa shape index (κ2) is 12.7. The van der Waals surface area contributed by atoms with Gasteiger partial charge in [0, 0.05) is 16.7 Å². The second-order valence-electron chi connectivity index (χ2n) is 14.8. The van der Waals surface area contributed by atoms with Gasteiger partial charge >= 0.3 is 0 Å². The monoisotopic (exact) mass is 647 g/mol. The van der Waals surface area contributed by atoms with Crippen molar-refractivity contribution in [2.24, 2.45) is 0 Å². The highest BCUT2D eigenvalue weighted by Gasteiger charge is 2.37. The summed E-state index contributed by atoms with van der Waals surface area (Å²) in [4.78, 5) is 15.3. The summed E-state index contributed by atoms with van der Waals surface area (Å²) in [5.74, 6) is 1.96. The summed E-state index contributed by atoms with van der Waals surface area (Å²) in [7, 11) is 0. The van der Waals surface area contributed by atoms with Gasteiger partial charge in [-0.2, -0.15) is 0 Å². The average molecular weight is 648 g/mol. The molecule has 0 radical (unpaired) electrons. The summed E-state index contributed by atoms with van der Waals surface area (Å²) in [5.41, 5.74) is 13.0. The molecule has 50 heavy (non-hydrogen) atoms. The van der Waals surface area contributed by atoms with Gasteiger partial charge in [-0.1, -0.05) is 161 Å². The lowest BCUT2D eigenvalue weighted by molar-refractivity contribution is 0.332. The largest absolute Gasteiger partial charge is 0.208 e. The Hall–Kier alpha value is -5.67. The summed E-state index contributed by atoms with van der Waals surface area (Å²) in [6, 6.07) is 53.6. The Kier molecular flexibility index (Phi) is 7.99. The molecule has 7 aromatic rings. The van der Waals surface area contributed by atoms with Crippen LogP contribution < -0.4 is 0 Å². The molecule has 0 bridgehead atoms. The first kappa shape index (κ1) is 31.6. The third kappa shape index (κ3) is 6.16. The molecule has 3 nitrogen and oxygen atoms in total. The van der Waals surface area contributed by atoms with Crippen LogP contribution in [0.3, 0.4) is 0 Å². The molecule has 0 N–H and O–H groups in total. The van der Waals surface area contributed by atoms with Gasteiger partial charge in [0.15, 0.2) is 17.5 Å². The van der Waals surface area contributed by atoms with E-state index >= 15 is 0 Å². The summed E-state index contributed by atoms with van der Waals surface area (Å²) >= 11 is 0. The van der Waals surface area contributed by atoms with Gasteiger partial charge in [-0.05, 0) is 86.4 Å². The van der Waals surface area contributed by atoms with E-state index < -0.39 is 0 Å². The molecule has 0 saturated carbocycles. The van der Waals surface area contributed by atoms with Crippen molar-refractivity contribution in [3.63, 3.8) is 0 Å². The van der Waals surface area contributed by atoms with Crippen LogP contribution in [0.15, 0.2) is 152 Å². The van der Waals surface area contributed by atoms with Gasteiger partial charge in [0.2, 0.25) is 0 Å². The number of nitrogens with zero attached hydrogens (tertiary/aromatic N) is 3. The van der Waals surface area contributed by atoms with Crippen molar-refractivity contribution >= 4 is 0 Å². The highest BCUT2D eigenvalue weighted by molar-refractivity contribution is 5.81. The molecule has 6 aromatic carbocycles. The van der Waals surface area contributed by atoms with E-state index in [1.165, 1.54) is 35.1 Å². The van der Waals surface area contributed by atoms with E-state index in [2.05, 4.69) is 155 Å². The second-order valence-corrected chi connectivity index (χ2v) is 14.8. The summed E-state index contributed by atoms with van der Waals surface area (Å²) < 4.78 is 0. The van der Waals surface area contributed by atoms with Crippen molar-refractivity contribution in [2.75, 3.05) is 0 Å². The lowest BCUT2D eigenvalue weighted by Crippen LogP contribution is -2.33. The molecule has 0 atom stereocenters. The van der Waals surface area contributed by atoms with Crippen LogP contribution in [0, 0.1) is 0 Å². The molecular formula is C47H41N3. The van der Waals surface area contributed by atoms with E-state index in [0.717, 1.165) is 38.9 Å². The molecule has 1 aliphatic rings. The molecule has 3 heteroatoms. The van der Waals surface area contributed by atoms with Crippen molar-refractivity contribution < 1.29 is 0 Å². The molecular weight excluding hydrogens is 607 g/mol. The zero-order chi connectivity index (χ0) is 34.3. The minimum absolute atomic E-state index is 0.116. The Morgan fingerprint density at radius 3 is 1.24 bits per heavy atom. The van der Waals surface area contributed by atoms with Gasteiger partial charge in [-0.3, -0.25) is 0 Å². The van der Waals surface area contributed by atoms with Crippen molar-refractivity contribution in [3.8, 4) is 67.5 Å². The normalized spacial score (nSPS) is 14.6. The molecule has 8 rings (SSSR count). The number of hydrogen-bond donors (Lipinski definition) is 0. The first-order valence-corrected chi connectivity index (χ1v) is 17.6. The highest BCUT2D eigenvalue weighted by atomic mass is 15.0. The van der Waals surface area contributed by atoms with Gasteiger partial charge in [0.05, 0.1) is 0 Å². The molecule has 0 spiro atoms. The number of hydrogen-bond acceptors (Lipinski definition) is 3. The lowest BCUT2D eigenvalue weighted by Gasteiger charge is -2.42. The molecule has 0 fully saturated rings. The molecule has 1 aromatic heterocycles. The van der Waals surface area contributed by atoms with Gasteiger partial charge in [-0.15, -0.1) is 0 Å². The lowest BCUT2D eigenvalue weighted by atomic mass is 9.63. The number of benzene rings is 6. The minimum Gasteiger partial charge on any atom is -0.208 e. The van der Waals surface area contributed by atoms with Crippen LogP contribution in [0.5, 0.6) is 0 Å². The molecule has 0 aliphatic heterocycles. The number of rotatable bonds is 6. The summed E-state index contributed by atoms with van der Waals surface area (Å²) in [6.07, 6.45) is 2.37. The minimum atomic E-state index is 0.116. The topological polar surface area (TPSA) is 38.7 Å². The smallest absolute Gasteiger partial charge is 0.164 e. The molecule has 1 heterocycles. The molecule has 0 unspecified atom stereocenters. The third-order valence-electron chi connectivity index (χ3n) is 10.4. The van der Waals surface area contributed by atoms with Gasteiger partial charge in [-0.25, -0.2) is 15.0 Å². The Morgan fingerprint density at radius 1 is 0.320 bits per heavy atom. The number of fused-ring (bicyclic) bond motifs is 1. The molecule has 0 saturated heterocycles. The van der Waals surface area contributed by atoms with Crippen LogP contribution >= 0.6 is 0 Å². The van der Waals surface area contributed by atoms with E-state index in [0.29, 0.717) is 17.5 Å². The zero-order valence-corrected chi connectivity index (χ0v) is 29.2. The molecule has 244 valence electrons. The third-order valence-corrected chi connectivity index (χ3v) is 10.4. The fourth-order valence-electron chi connectivity index (χ4n) is 7.28. The van der Waals surface area contributed by atoms with Crippen LogP contribution in [0.25, 0.3) is 67.5 Å². The van der Waals surface area contributed by atoms with Crippen molar-refractivity contribution in [3.05, 3.63) is 163 Å². The summed E-state index contributed by atoms with van der Waals surface area (Å²) in [6.45, 7) is 9.54. The zero-order valence-electron chi connectivity index (χ0n) is 29.2. The van der Waals surface area contributed by atoms with Crippen molar-refractivity contribution in [1.82, 2.24) is 15.0 Å². The van der Waals surface area contributed by atoms with Crippen LogP contribution in [0.1, 0.15) is 51.7 Å². The first-order valence-electron chi connectivity index (χ1n) is 17.6. The van der Waals surface area contributed by atoms with Gasteiger partial charge < -0.3 is 0 Å². The Morgan fingerprint density at radius 2 is 0.680 bits per heavy atom. The van der Waals surface area contributed by atoms with Crippen molar-refractivity contribution in [1.29, 1.82) is 0 Å². The fraction of sp³-hybridized carbons (Fsp3) is 0.170. The molecule has 1 aliphatic carbocycles. The summed E-state index contributed by atoms with van der Waals surface area (Å²) in [5, 5.41) is 0. The standard InChI is InChI=1S/C47H41N3/c1-46(2)26-27-47(3,4)42-31-37(24-25-41(42)46)39-28-38(33-16-10-6-11-17-33)29-40(30-39)45-49-43(35-18-12-7-13-19-35)48-44(50-45)36-22-20-34(21-23-36)32-14-8-5-9-15-32/h5-25,28-31H,26-27H2,1-4H3. The van der Waals surface area contributed by atoms with E-state index in [9.17, 15) is 0 Å². The van der Waals surface area contributed by atoms with E-state index in [1.807, 2.05) is 24.3 Å². The van der Waals surface area contributed by atoms with Gasteiger partial charge in [0.25, 0.3) is 0 Å². The van der Waals surface area contributed by atoms with Crippen LogP contribution in [-0.2, 0) is 10.8 Å². The van der Waals surface area contributed by atoms with Crippen molar-refractivity contribution in [2.45, 2.75) is 51.4 Å². The SMILES string of the molecule is CC1(C)CCC(C)(C)c2cc(-c3cc(-c4ccccc4)cc(-c4nc(-c5ccccc5)nc(-c5ccc(-c6ccccc6)cc5)n4)c3)ccc21. The van der Waals surface area contributed by atoms with E-state index in [4.69, 9.17) is 15.0 Å². The van der Waals surface area contributed by atoms with Gasteiger partial charge in [0.1, 0.15) is 0 Å². The Bertz CT molecular complexity index is 2290. The maximum absolute atomic E-state index is 5.16. The Labute approximate surface area is 295 Å². The fourth-order valence-corrected chi connectivity index (χ4v) is 7.28. The predicted molar refractivity (Wildman–Crippen MR) is 208 cm³/mol. The maximum Gasteiger partial charge on any atom is 0.164 e. The van der Waals surface area contributed by atoms with Crippen LogP contribution in [-0.4, -0.2) is 15.0 Å². The first-order chi connectivity index (χ1) is 24.2. The predicted octanol–water partition coefficient (Wildman–Crippen LogP) is 12.2. The number of aromatic nitrogens is 3.